The largest absolute Gasteiger partial charge is 0.228 e. The van der Waals surface area contributed by atoms with Crippen molar-refractivity contribution >= 4 is 0 Å². The topological polar surface area (TPSA) is 64.5 Å². The second kappa shape index (κ2) is 13.0. The Labute approximate surface area is 279 Å². The molecule has 0 aliphatic heterocycles. The van der Waals surface area contributed by atoms with Crippen molar-refractivity contribution in [3.8, 4) is 79.2 Å². The predicted octanol–water partition coefficient (Wildman–Crippen LogP) is 10.3. The molecule has 0 unspecified atom stereocenters. The zero-order valence-corrected chi connectivity index (χ0v) is 26.0. The Hall–Kier alpha value is -6.59. The molecule has 226 valence electrons. The Morgan fingerprint density at radius 3 is 0.792 bits per heavy atom. The minimum Gasteiger partial charge on any atom is -0.228 e. The van der Waals surface area contributed by atoms with Gasteiger partial charge in [-0.3, -0.25) is 0 Å². The molecule has 5 nitrogen and oxygen atoms in total. The van der Waals surface area contributed by atoms with Gasteiger partial charge in [0.1, 0.15) is 0 Å². The van der Waals surface area contributed by atoms with Gasteiger partial charge in [0.15, 0.2) is 23.3 Å². The summed E-state index contributed by atoms with van der Waals surface area (Å²) in [5.74, 6) is 2.62. The van der Waals surface area contributed by atoms with Crippen LogP contribution in [0.5, 0.6) is 0 Å². The molecular formula is C43H29N5. The third-order valence-corrected chi connectivity index (χ3v) is 8.18. The van der Waals surface area contributed by atoms with Crippen LogP contribution < -0.4 is 0 Å². The second-order valence-electron chi connectivity index (χ2n) is 11.4. The van der Waals surface area contributed by atoms with Crippen LogP contribution >= 0.6 is 0 Å². The third kappa shape index (κ3) is 6.13. The van der Waals surface area contributed by atoms with Gasteiger partial charge in [0.2, 0.25) is 0 Å². The van der Waals surface area contributed by atoms with Crippen molar-refractivity contribution in [2.24, 2.45) is 0 Å². The van der Waals surface area contributed by atoms with Gasteiger partial charge in [0, 0.05) is 33.4 Å². The maximum atomic E-state index is 4.97. The summed E-state index contributed by atoms with van der Waals surface area (Å²) in [6, 6.07) is 59.4. The van der Waals surface area contributed by atoms with Crippen LogP contribution in [0.2, 0.25) is 0 Å². The molecule has 6 aromatic carbocycles. The van der Waals surface area contributed by atoms with E-state index in [0.717, 1.165) is 55.9 Å². The number of rotatable bonds is 7. The first-order valence-corrected chi connectivity index (χ1v) is 15.8. The zero-order valence-electron chi connectivity index (χ0n) is 26.0. The van der Waals surface area contributed by atoms with Crippen LogP contribution in [0.1, 0.15) is 0 Å². The first-order chi connectivity index (χ1) is 23.8. The van der Waals surface area contributed by atoms with E-state index in [0.29, 0.717) is 23.3 Å². The van der Waals surface area contributed by atoms with Gasteiger partial charge in [-0.2, -0.15) is 0 Å². The van der Waals surface area contributed by atoms with Crippen molar-refractivity contribution in [2.45, 2.75) is 0 Å². The quantitative estimate of drug-likeness (QED) is 0.178. The Balaban J connectivity index is 1.11. The van der Waals surface area contributed by atoms with E-state index in [9.17, 15) is 0 Å². The Morgan fingerprint density at radius 1 is 0.208 bits per heavy atom. The summed E-state index contributed by atoms with van der Waals surface area (Å²) < 4.78 is 0. The van der Waals surface area contributed by atoms with Crippen LogP contribution in [0.4, 0.5) is 0 Å². The number of hydrogen-bond acceptors (Lipinski definition) is 5. The lowest BCUT2D eigenvalue weighted by atomic mass is 10.0. The predicted molar refractivity (Wildman–Crippen MR) is 193 cm³/mol. The minimum absolute atomic E-state index is 0.634. The van der Waals surface area contributed by atoms with Gasteiger partial charge < -0.3 is 0 Å². The molecule has 0 aliphatic carbocycles. The first kappa shape index (κ1) is 28.9. The summed E-state index contributed by atoms with van der Waals surface area (Å²) in [4.78, 5) is 24.5. The van der Waals surface area contributed by atoms with E-state index in [2.05, 4.69) is 78.9 Å². The second-order valence-corrected chi connectivity index (χ2v) is 11.4. The highest BCUT2D eigenvalue weighted by Crippen LogP contribution is 2.30. The number of nitrogens with zero attached hydrogens (tertiary/aromatic N) is 5. The standard InChI is InChI=1S/C43H29N5/c1-5-13-32(14-6-1)38-29-39(33-15-7-2-8-16-33)45-40(44-38)36-25-21-30(22-26-36)31-23-27-37(28-24-31)43-47-41(34-17-9-3-10-18-34)46-42(48-43)35-19-11-4-12-20-35/h1-29H. The highest BCUT2D eigenvalue weighted by molar-refractivity contribution is 5.75. The third-order valence-electron chi connectivity index (χ3n) is 8.18. The fourth-order valence-corrected chi connectivity index (χ4v) is 5.65. The number of benzene rings is 6. The summed E-state index contributed by atoms with van der Waals surface area (Å²) >= 11 is 0. The van der Waals surface area contributed by atoms with Crippen molar-refractivity contribution in [3.63, 3.8) is 0 Å². The van der Waals surface area contributed by atoms with E-state index in [1.54, 1.807) is 0 Å². The molecule has 2 heterocycles. The van der Waals surface area contributed by atoms with E-state index in [-0.39, 0.29) is 0 Å². The van der Waals surface area contributed by atoms with E-state index in [4.69, 9.17) is 24.9 Å². The van der Waals surface area contributed by atoms with Crippen molar-refractivity contribution in [1.29, 1.82) is 0 Å². The molecule has 0 radical (unpaired) electrons. The lowest BCUT2D eigenvalue weighted by Gasteiger charge is -2.10. The van der Waals surface area contributed by atoms with Gasteiger partial charge in [-0.15, -0.1) is 0 Å². The molecular weight excluding hydrogens is 587 g/mol. The maximum absolute atomic E-state index is 4.97. The number of aromatic nitrogens is 5. The molecule has 48 heavy (non-hydrogen) atoms. The van der Waals surface area contributed by atoms with Gasteiger partial charge in [0.25, 0.3) is 0 Å². The van der Waals surface area contributed by atoms with Crippen LogP contribution in [-0.4, -0.2) is 24.9 Å². The maximum Gasteiger partial charge on any atom is 0.164 e. The van der Waals surface area contributed by atoms with Crippen LogP contribution in [0.3, 0.4) is 0 Å². The molecule has 2 aromatic heterocycles. The molecule has 0 N–H and O–H groups in total. The molecule has 0 amide bonds. The lowest BCUT2D eigenvalue weighted by molar-refractivity contribution is 1.07. The summed E-state index contributed by atoms with van der Waals surface area (Å²) in [6.07, 6.45) is 0. The summed E-state index contributed by atoms with van der Waals surface area (Å²) in [5, 5.41) is 0. The molecule has 8 aromatic rings. The van der Waals surface area contributed by atoms with E-state index < -0.39 is 0 Å². The van der Waals surface area contributed by atoms with Crippen LogP contribution in [0.15, 0.2) is 176 Å². The summed E-state index contributed by atoms with van der Waals surface area (Å²) in [5.41, 5.74) is 9.86. The van der Waals surface area contributed by atoms with E-state index in [1.807, 2.05) is 97.1 Å². The van der Waals surface area contributed by atoms with Crippen molar-refractivity contribution in [1.82, 2.24) is 24.9 Å². The highest BCUT2D eigenvalue weighted by atomic mass is 15.0. The van der Waals surface area contributed by atoms with Crippen molar-refractivity contribution < 1.29 is 0 Å². The van der Waals surface area contributed by atoms with Gasteiger partial charge in [-0.1, -0.05) is 170 Å². The van der Waals surface area contributed by atoms with E-state index >= 15 is 0 Å². The average molecular weight is 616 g/mol. The smallest absolute Gasteiger partial charge is 0.164 e. The minimum atomic E-state index is 0.634. The normalized spacial score (nSPS) is 10.9. The van der Waals surface area contributed by atoms with Crippen LogP contribution in [0.25, 0.3) is 79.2 Å². The summed E-state index contributed by atoms with van der Waals surface area (Å²) in [6.45, 7) is 0. The molecule has 0 saturated carbocycles. The molecule has 0 saturated heterocycles. The summed E-state index contributed by atoms with van der Waals surface area (Å²) in [7, 11) is 0. The molecule has 0 bridgehead atoms. The fraction of sp³-hybridized carbons (Fsp3) is 0. The molecule has 5 heteroatoms. The molecule has 0 atom stereocenters. The molecule has 0 spiro atoms. The lowest BCUT2D eigenvalue weighted by Crippen LogP contribution is -2.00. The van der Waals surface area contributed by atoms with Gasteiger partial charge >= 0.3 is 0 Å². The highest BCUT2D eigenvalue weighted by Gasteiger charge is 2.13. The Bertz CT molecular complexity index is 2010. The Morgan fingerprint density at radius 2 is 0.458 bits per heavy atom. The van der Waals surface area contributed by atoms with Crippen LogP contribution in [0, 0.1) is 0 Å². The monoisotopic (exact) mass is 615 g/mol. The van der Waals surface area contributed by atoms with E-state index in [1.165, 1.54) is 0 Å². The SMILES string of the molecule is c1ccc(-c2cc(-c3ccccc3)nc(-c3ccc(-c4ccc(-c5nc(-c6ccccc6)nc(-c6ccccc6)n5)cc4)cc3)n2)cc1. The van der Waals surface area contributed by atoms with Crippen LogP contribution in [-0.2, 0) is 0 Å². The van der Waals surface area contributed by atoms with Gasteiger partial charge in [-0.25, -0.2) is 24.9 Å². The molecule has 8 rings (SSSR count). The average Bonchev–Trinajstić information content (AvgIpc) is 3.19. The number of hydrogen-bond donors (Lipinski definition) is 0. The van der Waals surface area contributed by atoms with Gasteiger partial charge in [-0.05, 0) is 17.2 Å². The van der Waals surface area contributed by atoms with Crippen molar-refractivity contribution in [3.05, 3.63) is 176 Å². The molecule has 0 aliphatic rings. The molecule has 0 fully saturated rings. The Kier molecular flexibility index (Phi) is 7.83. The zero-order chi connectivity index (χ0) is 32.1. The first-order valence-electron chi connectivity index (χ1n) is 15.8. The van der Waals surface area contributed by atoms with Gasteiger partial charge in [0.05, 0.1) is 11.4 Å². The van der Waals surface area contributed by atoms with Crippen molar-refractivity contribution in [2.75, 3.05) is 0 Å². The fourth-order valence-electron chi connectivity index (χ4n) is 5.65.